The topological polar surface area (TPSA) is 36.7 Å². The van der Waals surface area contributed by atoms with Crippen molar-refractivity contribution in [1.29, 1.82) is 0 Å². The number of hydrogen-bond acceptors (Lipinski definition) is 4. The number of piperazine rings is 1. The number of rotatable bonds is 5. The summed E-state index contributed by atoms with van der Waals surface area (Å²) < 4.78 is 2.19. The van der Waals surface area contributed by atoms with Crippen molar-refractivity contribution in [2.45, 2.75) is 32.4 Å². The Morgan fingerprint density at radius 3 is 2.85 bits per heavy atom. The van der Waals surface area contributed by atoms with Gasteiger partial charge in [0.05, 0.1) is 16.4 Å². The van der Waals surface area contributed by atoms with Crippen LogP contribution in [0, 0.1) is 0 Å². The fourth-order valence-electron chi connectivity index (χ4n) is 3.93. The van der Waals surface area contributed by atoms with Gasteiger partial charge in [-0.2, -0.15) is 0 Å². The number of nitrogens with zero attached hydrogens (tertiary/aromatic N) is 5. The molecule has 0 amide bonds. The third kappa shape index (κ3) is 3.86. The van der Waals surface area contributed by atoms with Crippen LogP contribution in [0.25, 0.3) is 17.0 Å². The van der Waals surface area contributed by atoms with Crippen molar-refractivity contribution in [3.05, 3.63) is 53.4 Å². The molecule has 0 aliphatic carbocycles. The Morgan fingerprint density at radius 2 is 2.07 bits per heavy atom. The van der Waals surface area contributed by atoms with E-state index in [4.69, 9.17) is 16.6 Å². The van der Waals surface area contributed by atoms with E-state index < -0.39 is 0 Å². The standard InChI is InChI=1S/C21H26ClN5/c1-3-6-17-14-26(12-11-25(17)2)15-19-21(18-9-8-16(22)13-23-18)24-20-7-4-5-10-27(19)20/h4-5,7-10,13,17H,3,6,11-12,14-15H2,1-2H3. The summed E-state index contributed by atoms with van der Waals surface area (Å²) in [6, 6.07) is 10.6. The molecule has 1 aliphatic rings. The summed E-state index contributed by atoms with van der Waals surface area (Å²) in [6.45, 7) is 6.42. The molecule has 0 N–H and O–H groups in total. The van der Waals surface area contributed by atoms with E-state index in [-0.39, 0.29) is 0 Å². The second kappa shape index (κ2) is 7.97. The van der Waals surface area contributed by atoms with Gasteiger partial charge in [-0.3, -0.25) is 9.88 Å². The van der Waals surface area contributed by atoms with Gasteiger partial charge in [0.15, 0.2) is 0 Å². The average Bonchev–Trinajstić information content (AvgIpc) is 3.04. The molecule has 0 bridgehead atoms. The maximum absolute atomic E-state index is 6.03. The Labute approximate surface area is 165 Å². The monoisotopic (exact) mass is 383 g/mol. The number of halogens is 1. The highest BCUT2D eigenvalue weighted by atomic mass is 35.5. The predicted molar refractivity (Wildman–Crippen MR) is 110 cm³/mol. The molecule has 1 atom stereocenters. The first-order chi connectivity index (χ1) is 13.2. The number of pyridine rings is 2. The zero-order valence-corrected chi connectivity index (χ0v) is 16.7. The SMILES string of the molecule is CCCC1CN(Cc2c(-c3ccc(Cl)cn3)nc3ccccn23)CCN1C. The number of fused-ring (bicyclic) bond motifs is 1. The van der Waals surface area contributed by atoms with Gasteiger partial charge in [-0.25, -0.2) is 4.98 Å². The average molecular weight is 384 g/mol. The van der Waals surface area contributed by atoms with Crippen LogP contribution in [0.5, 0.6) is 0 Å². The van der Waals surface area contributed by atoms with Crippen molar-refractivity contribution >= 4 is 17.2 Å². The zero-order valence-electron chi connectivity index (χ0n) is 16.0. The molecule has 1 saturated heterocycles. The van der Waals surface area contributed by atoms with Crippen molar-refractivity contribution < 1.29 is 0 Å². The van der Waals surface area contributed by atoms with E-state index in [1.807, 2.05) is 24.3 Å². The van der Waals surface area contributed by atoms with Gasteiger partial charge in [0.1, 0.15) is 11.3 Å². The molecule has 5 nitrogen and oxygen atoms in total. The lowest BCUT2D eigenvalue weighted by Crippen LogP contribution is -2.51. The minimum Gasteiger partial charge on any atom is -0.302 e. The first kappa shape index (κ1) is 18.4. The van der Waals surface area contributed by atoms with Gasteiger partial charge in [-0.15, -0.1) is 0 Å². The van der Waals surface area contributed by atoms with Gasteiger partial charge in [0, 0.05) is 44.6 Å². The number of aromatic nitrogens is 3. The van der Waals surface area contributed by atoms with E-state index in [9.17, 15) is 0 Å². The Balaban J connectivity index is 1.68. The lowest BCUT2D eigenvalue weighted by molar-refractivity contribution is 0.0844. The molecule has 27 heavy (non-hydrogen) atoms. The molecule has 0 saturated carbocycles. The molecule has 142 valence electrons. The molecule has 0 aromatic carbocycles. The summed E-state index contributed by atoms with van der Waals surface area (Å²) >= 11 is 6.03. The van der Waals surface area contributed by atoms with E-state index in [0.29, 0.717) is 11.1 Å². The zero-order chi connectivity index (χ0) is 18.8. The predicted octanol–water partition coefficient (Wildman–Crippen LogP) is 3.97. The first-order valence-corrected chi connectivity index (χ1v) is 10.0. The van der Waals surface area contributed by atoms with Crippen molar-refractivity contribution in [2.24, 2.45) is 0 Å². The quantitative estimate of drug-likeness (QED) is 0.668. The summed E-state index contributed by atoms with van der Waals surface area (Å²) in [4.78, 5) is 14.4. The molecule has 0 spiro atoms. The van der Waals surface area contributed by atoms with Gasteiger partial charge >= 0.3 is 0 Å². The van der Waals surface area contributed by atoms with Crippen LogP contribution < -0.4 is 0 Å². The van der Waals surface area contributed by atoms with Crippen LogP contribution in [0.4, 0.5) is 0 Å². The van der Waals surface area contributed by atoms with E-state index in [2.05, 4.69) is 45.4 Å². The minimum absolute atomic E-state index is 0.625. The Bertz CT molecular complexity index is 905. The number of likely N-dealkylation sites (N-methyl/N-ethyl adjacent to an activating group) is 1. The Morgan fingerprint density at radius 1 is 1.19 bits per heavy atom. The van der Waals surface area contributed by atoms with Crippen LogP contribution in [0.1, 0.15) is 25.5 Å². The van der Waals surface area contributed by atoms with Gasteiger partial charge in [-0.1, -0.05) is 31.0 Å². The molecule has 1 unspecified atom stereocenters. The van der Waals surface area contributed by atoms with Gasteiger partial charge in [0.25, 0.3) is 0 Å². The third-order valence-electron chi connectivity index (χ3n) is 5.46. The highest BCUT2D eigenvalue weighted by Crippen LogP contribution is 2.26. The van der Waals surface area contributed by atoms with Crippen LogP contribution in [-0.2, 0) is 6.54 Å². The van der Waals surface area contributed by atoms with Gasteiger partial charge in [-0.05, 0) is 37.7 Å². The normalized spacial score (nSPS) is 19.0. The highest BCUT2D eigenvalue weighted by Gasteiger charge is 2.25. The second-order valence-electron chi connectivity index (χ2n) is 7.36. The van der Waals surface area contributed by atoms with Crippen LogP contribution in [0.2, 0.25) is 5.02 Å². The van der Waals surface area contributed by atoms with E-state index in [1.54, 1.807) is 6.20 Å². The van der Waals surface area contributed by atoms with Crippen molar-refractivity contribution in [1.82, 2.24) is 24.2 Å². The lowest BCUT2D eigenvalue weighted by atomic mass is 10.1. The van der Waals surface area contributed by atoms with E-state index >= 15 is 0 Å². The number of hydrogen-bond donors (Lipinski definition) is 0. The fraction of sp³-hybridized carbons (Fsp3) is 0.429. The summed E-state index contributed by atoms with van der Waals surface area (Å²) in [5.74, 6) is 0. The Kier molecular flexibility index (Phi) is 5.43. The third-order valence-corrected chi connectivity index (χ3v) is 5.68. The maximum Gasteiger partial charge on any atom is 0.137 e. The minimum atomic E-state index is 0.625. The summed E-state index contributed by atoms with van der Waals surface area (Å²) in [5, 5.41) is 0.644. The van der Waals surface area contributed by atoms with Crippen LogP contribution in [0.15, 0.2) is 42.7 Å². The molecular formula is C21H26ClN5. The molecule has 3 aromatic heterocycles. The van der Waals surface area contributed by atoms with Crippen molar-refractivity contribution in [2.75, 3.05) is 26.7 Å². The smallest absolute Gasteiger partial charge is 0.137 e. The molecule has 6 heteroatoms. The lowest BCUT2D eigenvalue weighted by Gasteiger charge is -2.39. The fourth-order valence-corrected chi connectivity index (χ4v) is 4.04. The molecular weight excluding hydrogens is 358 g/mol. The first-order valence-electron chi connectivity index (χ1n) is 9.66. The van der Waals surface area contributed by atoms with E-state index in [0.717, 1.165) is 43.2 Å². The molecule has 1 aliphatic heterocycles. The van der Waals surface area contributed by atoms with E-state index in [1.165, 1.54) is 18.5 Å². The van der Waals surface area contributed by atoms with Crippen molar-refractivity contribution in [3.8, 4) is 11.4 Å². The Hall–Kier alpha value is -1.95. The van der Waals surface area contributed by atoms with Crippen LogP contribution in [0.3, 0.4) is 0 Å². The molecule has 4 rings (SSSR count). The number of imidazole rings is 1. The summed E-state index contributed by atoms with van der Waals surface area (Å²) in [5.41, 5.74) is 3.97. The van der Waals surface area contributed by atoms with Crippen molar-refractivity contribution in [3.63, 3.8) is 0 Å². The second-order valence-corrected chi connectivity index (χ2v) is 7.79. The summed E-state index contributed by atoms with van der Waals surface area (Å²) in [7, 11) is 2.24. The largest absolute Gasteiger partial charge is 0.302 e. The molecule has 0 radical (unpaired) electrons. The maximum atomic E-state index is 6.03. The molecule has 1 fully saturated rings. The van der Waals surface area contributed by atoms with Gasteiger partial charge in [0.2, 0.25) is 0 Å². The van der Waals surface area contributed by atoms with Crippen LogP contribution >= 0.6 is 11.6 Å². The summed E-state index contributed by atoms with van der Waals surface area (Å²) in [6.07, 6.45) is 6.25. The molecule has 4 heterocycles. The molecule has 3 aromatic rings. The van der Waals surface area contributed by atoms with Gasteiger partial charge < -0.3 is 9.30 Å². The highest BCUT2D eigenvalue weighted by molar-refractivity contribution is 6.30. The van der Waals surface area contributed by atoms with Crippen LogP contribution in [-0.4, -0.2) is 56.9 Å².